The number of nitrogens with one attached hydrogen (secondary N) is 1. The van der Waals surface area contributed by atoms with Gasteiger partial charge < -0.3 is 19.9 Å². The summed E-state index contributed by atoms with van der Waals surface area (Å²) in [5, 5.41) is 13.9. The fourth-order valence-corrected chi connectivity index (χ4v) is 3.97. The van der Waals surface area contributed by atoms with Gasteiger partial charge in [-0.1, -0.05) is 46.9 Å². The number of rotatable bonds is 7. The predicted octanol–water partition coefficient (Wildman–Crippen LogP) is 7.31. The molecule has 3 rings (SSSR count). The van der Waals surface area contributed by atoms with Gasteiger partial charge in [0, 0.05) is 17.3 Å². The van der Waals surface area contributed by atoms with Crippen LogP contribution in [0.25, 0.3) is 0 Å². The van der Waals surface area contributed by atoms with E-state index < -0.39 is 0 Å². The SMILES string of the molecule is COc1cc(CNc2cc(Cl)c(O)c(Cl)c2)cc(Br)c1OCc1cccc(Cl)c1. The molecule has 0 bridgehead atoms. The number of aromatic hydroxyl groups is 1. The van der Waals surface area contributed by atoms with E-state index in [2.05, 4.69) is 21.2 Å². The normalized spacial score (nSPS) is 10.7. The third-order valence-electron chi connectivity index (χ3n) is 4.07. The van der Waals surface area contributed by atoms with Crippen molar-refractivity contribution in [2.45, 2.75) is 13.2 Å². The van der Waals surface area contributed by atoms with Crippen LogP contribution in [0.15, 0.2) is 53.0 Å². The second-order valence-electron chi connectivity index (χ2n) is 6.17. The molecule has 0 saturated heterocycles. The molecule has 29 heavy (non-hydrogen) atoms. The lowest BCUT2D eigenvalue weighted by Crippen LogP contribution is -2.03. The fraction of sp³-hybridized carbons (Fsp3) is 0.143. The lowest BCUT2D eigenvalue weighted by Gasteiger charge is -2.15. The van der Waals surface area contributed by atoms with Crippen molar-refractivity contribution in [2.24, 2.45) is 0 Å². The lowest BCUT2D eigenvalue weighted by atomic mass is 10.2. The minimum atomic E-state index is -0.135. The van der Waals surface area contributed by atoms with Crippen LogP contribution < -0.4 is 14.8 Å². The summed E-state index contributed by atoms with van der Waals surface area (Å²) in [6.07, 6.45) is 0. The summed E-state index contributed by atoms with van der Waals surface area (Å²) in [7, 11) is 1.59. The molecule has 0 aromatic heterocycles. The van der Waals surface area contributed by atoms with Crippen molar-refractivity contribution in [1.82, 2.24) is 0 Å². The Hall–Kier alpha value is -1.79. The molecule has 0 fully saturated rings. The van der Waals surface area contributed by atoms with Crippen LogP contribution in [0.4, 0.5) is 5.69 Å². The Morgan fingerprint density at radius 3 is 2.38 bits per heavy atom. The first kappa shape index (κ1) is 21.9. The minimum Gasteiger partial charge on any atom is -0.505 e. The lowest BCUT2D eigenvalue weighted by molar-refractivity contribution is 0.282. The number of phenolic OH excluding ortho intramolecular Hbond substituents is 1. The van der Waals surface area contributed by atoms with Crippen LogP contribution >= 0.6 is 50.7 Å². The number of ether oxygens (including phenoxy) is 2. The van der Waals surface area contributed by atoms with Gasteiger partial charge in [-0.05, 0) is 63.5 Å². The maximum atomic E-state index is 9.66. The molecule has 2 N–H and O–H groups in total. The average molecular weight is 518 g/mol. The number of methoxy groups -OCH3 is 1. The summed E-state index contributed by atoms with van der Waals surface area (Å²) in [4.78, 5) is 0. The average Bonchev–Trinajstić information content (AvgIpc) is 2.69. The van der Waals surface area contributed by atoms with Gasteiger partial charge in [-0.25, -0.2) is 0 Å². The van der Waals surface area contributed by atoms with E-state index in [1.54, 1.807) is 19.2 Å². The van der Waals surface area contributed by atoms with Crippen LogP contribution in [0, 0.1) is 0 Å². The first-order valence-corrected chi connectivity index (χ1v) is 10.5. The largest absolute Gasteiger partial charge is 0.505 e. The van der Waals surface area contributed by atoms with Crippen LogP contribution in [-0.4, -0.2) is 12.2 Å². The van der Waals surface area contributed by atoms with E-state index in [9.17, 15) is 5.11 Å². The fourth-order valence-electron chi connectivity index (χ4n) is 2.67. The third-order valence-corrected chi connectivity index (χ3v) is 5.48. The monoisotopic (exact) mass is 515 g/mol. The van der Waals surface area contributed by atoms with Gasteiger partial charge in [0.25, 0.3) is 0 Å². The second-order valence-corrected chi connectivity index (χ2v) is 8.27. The number of hydrogen-bond donors (Lipinski definition) is 2. The molecule has 4 nitrogen and oxygen atoms in total. The van der Waals surface area contributed by atoms with Crippen molar-refractivity contribution in [2.75, 3.05) is 12.4 Å². The molecular weight excluding hydrogens is 500 g/mol. The van der Waals surface area contributed by atoms with Gasteiger partial charge in [0.05, 0.1) is 21.6 Å². The van der Waals surface area contributed by atoms with Crippen molar-refractivity contribution in [1.29, 1.82) is 0 Å². The summed E-state index contributed by atoms with van der Waals surface area (Å²) >= 11 is 21.5. The Labute approximate surface area is 192 Å². The molecule has 0 aliphatic heterocycles. The molecule has 3 aromatic rings. The van der Waals surface area contributed by atoms with Gasteiger partial charge in [0.1, 0.15) is 6.61 Å². The molecule has 0 unspecified atom stereocenters. The van der Waals surface area contributed by atoms with Gasteiger partial charge in [0.2, 0.25) is 0 Å². The van der Waals surface area contributed by atoms with Crippen LogP contribution in [0.3, 0.4) is 0 Å². The van der Waals surface area contributed by atoms with E-state index in [-0.39, 0.29) is 15.8 Å². The Morgan fingerprint density at radius 1 is 1.00 bits per heavy atom. The van der Waals surface area contributed by atoms with Gasteiger partial charge in [0.15, 0.2) is 17.2 Å². The van der Waals surface area contributed by atoms with Gasteiger partial charge in [-0.2, -0.15) is 0 Å². The Bertz CT molecular complexity index is 1010. The highest BCUT2D eigenvalue weighted by Gasteiger charge is 2.13. The van der Waals surface area contributed by atoms with E-state index >= 15 is 0 Å². The standard InChI is InChI=1S/C21H17BrCl3NO3/c1-28-19-7-13(10-26-15-8-17(24)20(27)18(25)9-15)6-16(22)21(19)29-11-12-3-2-4-14(23)5-12/h2-9,26-27H,10-11H2,1H3. The number of phenols is 1. The van der Waals surface area contributed by atoms with E-state index in [4.69, 9.17) is 44.3 Å². The van der Waals surface area contributed by atoms with E-state index in [0.29, 0.717) is 35.4 Å². The van der Waals surface area contributed by atoms with Crippen LogP contribution in [0.5, 0.6) is 17.2 Å². The molecule has 0 aliphatic carbocycles. The summed E-state index contributed by atoms with van der Waals surface area (Å²) < 4.78 is 12.2. The van der Waals surface area contributed by atoms with Crippen molar-refractivity contribution in [3.05, 3.63) is 79.2 Å². The summed E-state index contributed by atoms with van der Waals surface area (Å²) in [6.45, 7) is 0.846. The molecule has 8 heteroatoms. The van der Waals surface area contributed by atoms with Crippen molar-refractivity contribution in [3.63, 3.8) is 0 Å². The van der Waals surface area contributed by atoms with Gasteiger partial charge in [-0.3, -0.25) is 0 Å². The second kappa shape index (κ2) is 9.81. The molecule has 0 atom stereocenters. The van der Waals surface area contributed by atoms with Crippen LogP contribution in [0.1, 0.15) is 11.1 Å². The number of anilines is 1. The number of hydrogen-bond acceptors (Lipinski definition) is 4. The van der Waals surface area contributed by atoms with E-state index in [1.807, 2.05) is 36.4 Å². The molecule has 0 amide bonds. The Kier molecular flexibility index (Phi) is 7.41. The maximum Gasteiger partial charge on any atom is 0.175 e. The zero-order chi connectivity index (χ0) is 21.0. The number of benzene rings is 3. The predicted molar refractivity (Wildman–Crippen MR) is 122 cm³/mol. The minimum absolute atomic E-state index is 0.135. The van der Waals surface area contributed by atoms with Gasteiger partial charge >= 0.3 is 0 Å². The zero-order valence-corrected chi connectivity index (χ0v) is 19.2. The topological polar surface area (TPSA) is 50.7 Å². The smallest absolute Gasteiger partial charge is 0.175 e. The Morgan fingerprint density at radius 2 is 1.72 bits per heavy atom. The molecule has 0 radical (unpaired) electrons. The highest BCUT2D eigenvalue weighted by Crippen LogP contribution is 2.38. The van der Waals surface area contributed by atoms with Gasteiger partial charge in [-0.15, -0.1) is 0 Å². The molecular formula is C21H17BrCl3NO3. The first-order chi connectivity index (χ1) is 13.9. The first-order valence-electron chi connectivity index (χ1n) is 8.53. The molecule has 0 heterocycles. The quantitative estimate of drug-likeness (QED) is 0.323. The molecule has 0 saturated carbocycles. The Balaban J connectivity index is 1.74. The van der Waals surface area contributed by atoms with Crippen LogP contribution in [-0.2, 0) is 13.2 Å². The van der Waals surface area contributed by atoms with Crippen molar-refractivity contribution >= 4 is 56.4 Å². The summed E-state index contributed by atoms with van der Waals surface area (Å²) in [5.41, 5.74) is 2.59. The van der Waals surface area contributed by atoms with E-state index in [1.165, 1.54) is 0 Å². The summed E-state index contributed by atoms with van der Waals surface area (Å²) in [6, 6.07) is 14.5. The zero-order valence-electron chi connectivity index (χ0n) is 15.3. The number of halogens is 4. The van der Waals surface area contributed by atoms with Crippen LogP contribution in [0.2, 0.25) is 15.1 Å². The highest BCUT2D eigenvalue weighted by molar-refractivity contribution is 9.10. The molecule has 3 aromatic carbocycles. The maximum absolute atomic E-state index is 9.66. The van der Waals surface area contributed by atoms with Crippen molar-refractivity contribution in [3.8, 4) is 17.2 Å². The third kappa shape index (κ3) is 5.64. The summed E-state index contributed by atoms with van der Waals surface area (Å²) in [5.74, 6) is 1.07. The van der Waals surface area contributed by atoms with E-state index in [0.717, 1.165) is 15.6 Å². The molecule has 0 aliphatic rings. The van der Waals surface area contributed by atoms with Crippen molar-refractivity contribution < 1.29 is 14.6 Å². The highest BCUT2D eigenvalue weighted by atomic mass is 79.9. The molecule has 152 valence electrons. The molecule has 0 spiro atoms.